The molecule has 6 nitrogen and oxygen atoms in total. The van der Waals surface area contributed by atoms with Gasteiger partial charge in [0.15, 0.2) is 0 Å². The third-order valence-electron chi connectivity index (χ3n) is 18.2. The van der Waals surface area contributed by atoms with Crippen molar-refractivity contribution in [3.8, 4) is 0 Å². The molecule has 0 aromatic heterocycles. The molecule has 2 unspecified atom stereocenters. The number of unbranched alkanes of at least 4 members (excludes halogenated alkanes) is 61. The van der Waals surface area contributed by atoms with Crippen molar-refractivity contribution in [1.82, 2.24) is 5.32 Å². The van der Waals surface area contributed by atoms with Crippen LogP contribution in [0.15, 0.2) is 0 Å². The minimum absolute atomic E-state index is 0.0191. The number of esters is 1. The summed E-state index contributed by atoms with van der Waals surface area (Å²) in [6.45, 7) is 5.01. The summed E-state index contributed by atoms with van der Waals surface area (Å²) in [5.74, 6) is -0.00950. The second kappa shape index (κ2) is 71.3. The van der Waals surface area contributed by atoms with Gasteiger partial charge >= 0.3 is 5.97 Å². The minimum Gasteiger partial charge on any atom is -0.466 e. The van der Waals surface area contributed by atoms with Crippen LogP contribution in [0.5, 0.6) is 0 Å². The molecule has 0 heterocycles. The molecule has 484 valence electrons. The number of rotatable bonds is 72. The van der Waals surface area contributed by atoms with Crippen LogP contribution in [0.25, 0.3) is 0 Å². The maximum absolute atomic E-state index is 12.6. The first-order chi connectivity index (χ1) is 40.0. The number of hydrogen-bond acceptors (Lipinski definition) is 5. The molecule has 0 fully saturated rings. The molecule has 0 radical (unpaired) electrons. The Labute approximate surface area is 508 Å². The lowest BCUT2D eigenvalue weighted by molar-refractivity contribution is -0.143. The summed E-state index contributed by atoms with van der Waals surface area (Å²) in [4.78, 5) is 24.7. The average molecular weight is 1150 g/mol. The fourth-order valence-electron chi connectivity index (χ4n) is 12.4. The van der Waals surface area contributed by atoms with Crippen molar-refractivity contribution in [3.05, 3.63) is 0 Å². The zero-order valence-corrected chi connectivity index (χ0v) is 55.6. The lowest BCUT2D eigenvalue weighted by Gasteiger charge is -2.22. The van der Waals surface area contributed by atoms with Crippen LogP contribution < -0.4 is 5.32 Å². The Kier molecular flexibility index (Phi) is 70.3. The predicted octanol–water partition coefficient (Wildman–Crippen LogP) is 24.5. The number of carbonyl (C=O) groups excluding carboxylic acids is 2. The number of nitrogens with one attached hydrogen (secondary N) is 1. The zero-order valence-electron chi connectivity index (χ0n) is 55.6. The number of hydrogen-bond donors (Lipinski definition) is 3. The van der Waals surface area contributed by atoms with Crippen LogP contribution in [0.2, 0.25) is 0 Å². The van der Waals surface area contributed by atoms with Crippen molar-refractivity contribution >= 4 is 11.9 Å². The standard InChI is InChI=1S/C75H149NO5/c1-3-5-7-9-11-13-15-17-19-21-22-23-24-25-26-29-32-36-39-43-47-51-55-59-63-67-73(78)72(71-77)76-74(79)68-64-60-56-52-48-44-40-37-33-30-27-28-31-34-38-42-46-50-54-58-62-66-70-81-75(80)69-65-61-57-53-49-45-41-35-20-18-16-14-12-10-8-6-4-2/h72-73,77-78H,3-71H2,1-2H3,(H,76,79). The summed E-state index contributed by atoms with van der Waals surface area (Å²) in [6.07, 6.45) is 87.4. The van der Waals surface area contributed by atoms with Gasteiger partial charge in [0.1, 0.15) is 0 Å². The quantitative estimate of drug-likeness (QED) is 0.0417. The molecular weight excluding hydrogens is 995 g/mol. The van der Waals surface area contributed by atoms with E-state index in [0.717, 1.165) is 38.5 Å². The topological polar surface area (TPSA) is 95.9 Å². The van der Waals surface area contributed by atoms with E-state index in [9.17, 15) is 19.8 Å². The van der Waals surface area contributed by atoms with Gasteiger partial charge in [0.2, 0.25) is 5.91 Å². The Morgan fingerprint density at radius 1 is 0.296 bits per heavy atom. The molecule has 0 aliphatic heterocycles. The average Bonchev–Trinajstić information content (AvgIpc) is 3.47. The lowest BCUT2D eigenvalue weighted by Crippen LogP contribution is -2.45. The van der Waals surface area contributed by atoms with E-state index in [1.54, 1.807) is 0 Å². The molecule has 2 atom stereocenters. The SMILES string of the molecule is CCCCCCCCCCCCCCCCCCCCCCCCCCCC(O)C(CO)NC(=O)CCCCCCCCCCCCCCCCCCCCCCCCOC(=O)CCCCCCCCCCCCCCCCCCC. The number of amides is 1. The summed E-state index contributed by atoms with van der Waals surface area (Å²) < 4.78 is 5.51. The Morgan fingerprint density at radius 2 is 0.506 bits per heavy atom. The second-order valence-corrected chi connectivity index (χ2v) is 26.4. The molecule has 0 saturated carbocycles. The fraction of sp³-hybridized carbons (Fsp3) is 0.973. The van der Waals surface area contributed by atoms with E-state index in [-0.39, 0.29) is 18.5 Å². The normalized spacial score (nSPS) is 12.4. The van der Waals surface area contributed by atoms with Crippen molar-refractivity contribution in [1.29, 1.82) is 0 Å². The van der Waals surface area contributed by atoms with Gasteiger partial charge in [-0.25, -0.2) is 0 Å². The molecule has 81 heavy (non-hydrogen) atoms. The maximum atomic E-state index is 12.6. The van der Waals surface area contributed by atoms with Crippen molar-refractivity contribution in [2.75, 3.05) is 13.2 Å². The summed E-state index contributed by atoms with van der Waals surface area (Å²) in [7, 11) is 0. The van der Waals surface area contributed by atoms with Crippen LogP contribution in [-0.4, -0.2) is 47.4 Å². The molecule has 0 saturated heterocycles. The minimum atomic E-state index is -0.665. The van der Waals surface area contributed by atoms with E-state index >= 15 is 0 Å². The molecule has 0 spiro atoms. The molecule has 3 N–H and O–H groups in total. The summed E-state index contributed by atoms with van der Waals surface area (Å²) in [6, 6.07) is -0.542. The zero-order chi connectivity index (χ0) is 58.5. The molecule has 1 amide bonds. The fourth-order valence-corrected chi connectivity index (χ4v) is 12.4. The van der Waals surface area contributed by atoms with E-state index in [1.807, 2.05) is 0 Å². The van der Waals surface area contributed by atoms with E-state index in [2.05, 4.69) is 19.2 Å². The number of carbonyl (C=O) groups is 2. The van der Waals surface area contributed by atoms with E-state index < -0.39 is 12.1 Å². The highest BCUT2D eigenvalue weighted by Gasteiger charge is 2.20. The summed E-state index contributed by atoms with van der Waals surface area (Å²) in [5, 5.41) is 23.5. The molecule has 0 aliphatic carbocycles. The molecule has 6 heteroatoms. The molecular formula is C75H149NO5. The van der Waals surface area contributed by atoms with Gasteiger partial charge in [0.25, 0.3) is 0 Å². The monoisotopic (exact) mass is 1140 g/mol. The number of aliphatic hydroxyl groups excluding tert-OH is 2. The van der Waals surface area contributed by atoms with Crippen LogP contribution in [0.3, 0.4) is 0 Å². The van der Waals surface area contributed by atoms with Crippen LogP contribution in [0.4, 0.5) is 0 Å². The highest BCUT2D eigenvalue weighted by Crippen LogP contribution is 2.20. The molecule has 0 aliphatic rings. The summed E-state index contributed by atoms with van der Waals surface area (Å²) in [5.41, 5.74) is 0. The van der Waals surface area contributed by atoms with Gasteiger partial charge in [0.05, 0.1) is 25.4 Å². The third kappa shape index (κ3) is 67.9. The van der Waals surface area contributed by atoms with Crippen molar-refractivity contribution in [3.63, 3.8) is 0 Å². The lowest BCUT2D eigenvalue weighted by atomic mass is 10.0. The number of aliphatic hydroxyl groups is 2. The van der Waals surface area contributed by atoms with Crippen LogP contribution in [-0.2, 0) is 14.3 Å². The Bertz CT molecular complexity index is 1180. The van der Waals surface area contributed by atoms with Crippen LogP contribution >= 0.6 is 0 Å². The Morgan fingerprint density at radius 3 is 0.753 bits per heavy atom. The molecule has 0 aromatic carbocycles. The Balaban J connectivity index is 3.36. The van der Waals surface area contributed by atoms with Gasteiger partial charge in [-0.05, 0) is 25.7 Å². The second-order valence-electron chi connectivity index (χ2n) is 26.4. The van der Waals surface area contributed by atoms with Crippen LogP contribution in [0, 0.1) is 0 Å². The predicted molar refractivity (Wildman–Crippen MR) is 357 cm³/mol. The van der Waals surface area contributed by atoms with Gasteiger partial charge in [-0.1, -0.05) is 406 Å². The highest BCUT2D eigenvalue weighted by atomic mass is 16.5. The van der Waals surface area contributed by atoms with Crippen molar-refractivity contribution < 1.29 is 24.5 Å². The van der Waals surface area contributed by atoms with Gasteiger partial charge in [-0.3, -0.25) is 9.59 Å². The smallest absolute Gasteiger partial charge is 0.305 e. The van der Waals surface area contributed by atoms with E-state index in [4.69, 9.17) is 4.74 Å². The van der Waals surface area contributed by atoms with Crippen molar-refractivity contribution in [2.24, 2.45) is 0 Å². The van der Waals surface area contributed by atoms with Gasteiger partial charge < -0.3 is 20.3 Å². The summed E-state index contributed by atoms with van der Waals surface area (Å²) >= 11 is 0. The molecule has 0 bridgehead atoms. The highest BCUT2D eigenvalue weighted by molar-refractivity contribution is 5.76. The number of ether oxygens (including phenoxy) is 1. The van der Waals surface area contributed by atoms with Crippen molar-refractivity contribution in [2.45, 2.75) is 456 Å². The molecule has 0 rings (SSSR count). The van der Waals surface area contributed by atoms with Crippen LogP contribution in [0.1, 0.15) is 444 Å². The maximum Gasteiger partial charge on any atom is 0.305 e. The van der Waals surface area contributed by atoms with Gasteiger partial charge in [0, 0.05) is 12.8 Å². The van der Waals surface area contributed by atoms with E-state index in [1.165, 1.54) is 372 Å². The largest absolute Gasteiger partial charge is 0.466 e. The first-order valence-electron chi connectivity index (χ1n) is 37.8. The molecule has 0 aromatic rings. The van der Waals surface area contributed by atoms with Gasteiger partial charge in [-0.2, -0.15) is 0 Å². The first-order valence-corrected chi connectivity index (χ1v) is 37.8. The Hall–Kier alpha value is -1.14. The first kappa shape index (κ1) is 79.9. The third-order valence-corrected chi connectivity index (χ3v) is 18.2. The van der Waals surface area contributed by atoms with E-state index in [0.29, 0.717) is 25.9 Å². The van der Waals surface area contributed by atoms with Gasteiger partial charge in [-0.15, -0.1) is 0 Å².